The number of esters is 3. The number of aliphatic hydroxyl groups excluding tert-OH is 1. The Kier molecular flexibility index (Phi) is 10.4. The zero-order valence-electron chi connectivity index (χ0n) is 33.8. The summed E-state index contributed by atoms with van der Waals surface area (Å²) in [7, 11) is 0. The third-order valence-electron chi connectivity index (χ3n) is 16.3. The lowest BCUT2D eigenvalue weighted by atomic mass is 9.33. The van der Waals surface area contributed by atoms with Crippen LogP contribution in [0.4, 0.5) is 4.39 Å². The summed E-state index contributed by atoms with van der Waals surface area (Å²) in [6.07, 6.45) is 4.53. The van der Waals surface area contributed by atoms with Gasteiger partial charge in [0.1, 0.15) is 24.7 Å². The van der Waals surface area contributed by atoms with Crippen LogP contribution in [0.5, 0.6) is 0 Å². The number of hydrogen-bond donors (Lipinski definition) is 1. The van der Waals surface area contributed by atoms with Crippen molar-refractivity contribution >= 4 is 23.7 Å². The molecule has 0 amide bonds. The van der Waals surface area contributed by atoms with E-state index in [0.29, 0.717) is 30.5 Å². The number of alkyl halides is 1. The predicted octanol–water partition coefficient (Wildman–Crippen LogP) is 7.64. The van der Waals surface area contributed by atoms with Gasteiger partial charge in [-0.2, -0.15) is 0 Å². The number of hydrogen-bond acceptors (Lipinski definition) is 9. The van der Waals surface area contributed by atoms with Gasteiger partial charge in [-0.15, -0.1) is 0 Å². The first kappa shape index (κ1) is 40.3. The Hall–Kier alpha value is -2.33. The first-order chi connectivity index (χ1) is 24.5. The Morgan fingerprint density at radius 3 is 2.08 bits per heavy atom. The minimum atomic E-state index is -1.36. The lowest BCUT2D eigenvalue weighted by Gasteiger charge is -2.71. The number of carbonyl (C=O) groups excluding carboxylic acids is 4. The molecule has 5 fully saturated rings. The van der Waals surface area contributed by atoms with Crippen molar-refractivity contribution in [2.75, 3.05) is 6.67 Å². The third kappa shape index (κ3) is 6.51. The van der Waals surface area contributed by atoms with Crippen LogP contribution in [0.3, 0.4) is 0 Å². The summed E-state index contributed by atoms with van der Waals surface area (Å²) >= 11 is 0. The van der Waals surface area contributed by atoms with Gasteiger partial charge < -0.3 is 24.1 Å². The number of halogens is 1. The van der Waals surface area contributed by atoms with E-state index >= 15 is 0 Å². The normalized spacial score (nSPS) is 44.8. The van der Waals surface area contributed by atoms with E-state index in [1.807, 2.05) is 0 Å². The second kappa shape index (κ2) is 13.7. The molecule has 0 aromatic rings. The van der Waals surface area contributed by atoms with Crippen LogP contribution in [-0.2, 0) is 38.1 Å². The molecule has 6 rings (SSSR count). The van der Waals surface area contributed by atoms with Crippen LogP contribution < -0.4 is 0 Å². The van der Waals surface area contributed by atoms with Gasteiger partial charge in [-0.05, 0) is 109 Å². The molecule has 1 saturated heterocycles. The Morgan fingerprint density at radius 2 is 1.45 bits per heavy atom. The van der Waals surface area contributed by atoms with Crippen molar-refractivity contribution < 1.29 is 47.6 Å². The van der Waals surface area contributed by atoms with Crippen LogP contribution in [0.25, 0.3) is 0 Å². The van der Waals surface area contributed by atoms with Gasteiger partial charge in [-0.1, -0.05) is 60.1 Å². The van der Waals surface area contributed by atoms with Crippen LogP contribution >= 0.6 is 0 Å². The molecule has 1 aliphatic heterocycles. The largest absolute Gasteiger partial charge is 0.456 e. The molecular weight excluding hydrogens is 679 g/mol. The van der Waals surface area contributed by atoms with Crippen molar-refractivity contribution in [3.05, 3.63) is 11.6 Å². The van der Waals surface area contributed by atoms with E-state index < -0.39 is 61.2 Å². The lowest BCUT2D eigenvalue weighted by molar-refractivity contribution is -0.265. The molecule has 53 heavy (non-hydrogen) atoms. The van der Waals surface area contributed by atoms with E-state index in [0.717, 1.165) is 64.7 Å². The van der Waals surface area contributed by atoms with Gasteiger partial charge >= 0.3 is 17.9 Å². The molecule has 6 aliphatic rings. The third-order valence-corrected chi connectivity index (χ3v) is 16.3. The molecule has 0 bridgehead atoms. The molecule has 1 N–H and O–H groups in total. The Morgan fingerprint density at radius 1 is 0.849 bits per heavy atom. The quantitative estimate of drug-likeness (QED) is 0.159. The second-order valence-corrected chi connectivity index (χ2v) is 20.0. The maximum Gasteiger partial charge on any atom is 0.303 e. The van der Waals surface area contributed by atoms with Crippen LogP contribution in [0.15, 0.2) is 11.6 Å². The standard InChI is InChI=1S/C43H65FO9/c1-24(45)50-35-30(23-44)53-34(36(51-25(2)46)37(35)52-26(3)47)29(48)22-43-19-17-38(4,5)21-28(43)27-11-12-32-40(8)15-14-33(49)39(6,7)31(40)13-16-42(32,10)41(27,9)18-20-43/h11,28-32,34-37,48H,12-23H2,1-10H3/t28?,29-,30?,31?,32?,34+,35-,36?,37+,40+,41-,42-,43-/m1/s1. The fourth-order valence-electron chi connectivity index (χ4n) is 13.4. The molecule has 13 atom stereocenters. The highest BCUT2D eigenvalue weighted by Gasteiger charge is 2.68. The highest BCUT2D eigenvalue weighted by Crippen LogP contribution is 2.76. The molecular formula is C43H65FO9. The fraction of sp³-hybridized carbons (Fsp3) is 0.860. The van der Waals surface area contributed by atoms with Crippen LogP contribution in [0, 0.1) is 50.2 Å². The van der Waals surface area contributed by atoms with Crippen molar-refractivity contribution in [2.24, 2.45) is 50.2 Å². The molecule has 4 saturated carbocycles. The first-order valence-corrected chi connectivity index (χ1v) is 20.2. The number of aliphatic hydroxyl groups is 1. The Bertz CT molecular complexity index is 1520. The molecule has 298 valence electrons. The van der Waals surface area contributed by atoms with Crippen molar-refractivity contribution in [3.63, 3.8) is 0 Å². The molecule has 0 radical (unpaired) electrons. The van der Waals surface area contributed by atoms with Gasteiger partial charge in [0, 0.05) is 32.6 Å². The number of ketones is 1. The first-order valence-electron chi connectivity index (χ1n) is 20.2. The van der Waals surface area contributed by atoms with Gasteiger partial charge in [-0.25, -0.2) is 4.39 Å². The smallest absolute Gasteiger partial charge is 0.303 e. The maximum atomic E-state index is 14.6. The van der Waals surface area contributed by atoms with Gasteiger partial charge in [-0.3, -0.25) is 19.2 Å². The van der Waals surface area contributed by atoms with E-state index in [1.54, 1.807) is 0 Å². The van der Waals surface area contributed by atoms with Crippen LogP contribution in [0.2, 0.25) is 0 Å². The average molecular weight is 745 g/mol. The monoisotopic (exact) mass is 744 g/mol. The highest BCUT2D eigenvalue weighted by molar-refractivity contribution is 5.85. The topological polar surface area (TPSA) is 125 Å². The van der Waals surface area contributed by atoms with Gasteiger partial charge in [0.15, 0.2) is 18.3 Å². The summed E-state index contributed by atoms with van der Waals surface area (Å²) in [5.74, 6) is -0.718. The van der Waals surface area contributed by atoms with Gasteiger partial charge in [0.2, 0.25) is 0 Å². The summed E-state index contributed by atoms with van der Waals surface area (Å²) in [4.78, 5) is 50.1. The maximum absolute atomic E-state index is 14.6. The van der Waals surface area contributed by atoms with E-state index in [1.165, 1.54) is 19.4 Å². The minimum absolute atomic E-state index is 0.0510. The molecule has 10 heteroatoms. The van der Waals surface area contributed by atoms with Crippen molar-refractivity contribution in [3.8, 4) is 0 Å². The summed E-state index contributed by atoms with van der Waals surface area (Å²) in [6.45, 7) is 19.0. The summed E-state index contributed by atoms with van der Waals surface area (Å²) in [5.41, 5.74) is 1.06. The zero-order valence-corrected chi connectivity index (χ0v) is 33.8. The van der Waals surface area contributed by atoms with Crippen LogP contribution in [-0.4, -0.2) is 72.1 Å². The van der Waals surface area contributed by atoms with E-state index in [4.69, 9.17) is 18.9 Å². The summed E-state index contributed by atoms with van der Waals surface area (Å²) < 4.78 is 37.5. The van der Waals surface area contributed by atoms with Crippen molar-refractivity contribution in [2.45, 2.75) is 176 Å². The van der Waals surface area contributed by atoms with Crippen molar-refractivity contribution in [1.29, 1.82) is 0 Å². The van der Waals surface area contributed by atoms with E-state index in [2.05, 4.69) is 54.5 Å². The molecule has 9 nitrogen and oxygen atoms in total. The molecule has 0 aromatic heterocycles. The van der Waals surface area contributed by atoms with E-state index in [-0.39, 0.29) is 38.4 Å². The second-order valence-electron chi connectivity index (χ2n) is 20.0. The average Bonchev–Trinajstić information content (AvgIpc) is 3.04. The predicted molar refractivity (Wildman–Crippen MR) is 196 cm³/mol. The molecule has 1 heterocycles. The Labute approximate surface area is 315 Å². The minimum Gasteiger partial charge on any atom is -0.456 e. The van der Waals surface area contributed by atoms with Crippen LogP contribution in [0.1, 0.15) is 140 Å². The SMILES string of the molecule is CC(=O)OC1[C@H]([C@H](O)C[C@]23CCC(C)(C)CC2C2=CCC4[C@@]5(C)CCC(=O)C(C)(C)C5CC[C@@]4(C)[C@]2(C)CC3)OC(CF)[C@@H](OC(C)=O)[C@@H]1OC(C)=O. The van der Waals surface area contributed by atoms with Crippen molar-refractivity contribution in [1.82, 2.24) is 0 Å². The van der Waals surface area contributed by atoms with Gasteiger partial charge in [0.25, 0.3) is 0 Å². The molecule has 5 unspecified atom stereocenters. The number of carbonyl (C=O) groups is 4. The van der Waals surface area contributed by atoms with E-state index in [9.17, 15) is 28.7 Å². The summed E-state index contributed by atoms with van der Waals surface area (Å²) in [6, 6.07) is 0. The number of Topliss-reactive ketones (excluding diaryl/α,β-unsaturated/α-hetero) is 1. The fourth-order valence-corrected chi connectivity index (χ4v) is 13.4. The number of fused-ring (bicyclic) bond motifs is 7. The number of rotatable bonds is 7. The molecule has 5 aliphatic carbocycles. The molecule has 0 spiro atoms. The lowest BCUT2D eigenvalue weighted by Crippen LogP contribution is -2.65. The summed E-state index contributed by atoms with van der Waals surface area (Å²) in [5, 5.41) is 12.3. The van der Waals surface area contributed by atoms with Gasteiger partial charge in [0.05, 0.1) is 6.10 Å². The Balaban J connectivity index is 1.36. The highest BCUT2D eigenvalue weighted by atomic mass is 19.1. The zero-order chi connectivity index (χ0) is 39.1. The number of ether oxygens (including phenoxy) is 4. The number of allylic oxidation sites excluding steroid dienone is 2. The molecule has 0 aromatic carbocycles.